The van der Waals surface area contributed by atoms with Gasteiger partial charge < -0.3 is 15.2 Å². The minimum Gasteiger partial charge on any atom is -0.480 e. The lowest BCUT2D eigenvalue weighted by Gasteiger charge is -2.22. The molecular formula is C14H19NO4. The fourth-order valence-electron chi connectivity index (χ4n) is 1.23. The summed E-state index contributed by atoms with van der Waals surface area (Å²) in [6, 6.07) is -4.19. The lowest BCUT2D eigenvalue weighted by molar-refractivity contribution is -0.139. The highest BCUT2D eigenvalue weighted by atomic mass is 16.6. The Kier molecular flexibility index (Phi) is 2.93. The van der Waals surface area contributed by atoms with Crippen LogP contribution in [0, 0.1) is 0 Å². The molecule has 1 aromatic rings. The van der Waals surface area contributed by atoms with Crippen LogP contribution in [0.5, 0.6) is 0 Å². The van der Waals surface area contributed by atoms with Gasteiger partial charge in [0.2, 0.25) is 0 Å². The Balaban J connectivity index is 3.11. The zero-order chi connectivity index (χ0) is 18.8. The van der Waals surface area contributed by atoms with Gasteiger partial charge in [-0.1, -0.05) is 30.2 Å². The van der Waals surface area contributed by atoms with E-state index in [2.05, 4.69) is 5.32 Å². The van der Waals surface area contributed by atoms with E-state index in [0.717, 1.165) is 0 Å². The molecule has 2 N–H and O–H groups in total. The Morgan fingerprint density at radius 1 is 1.37 bits per heavy atom. The van der Waals surface area contributed by atoms with Gasteiger partial charge in [0.15, 0.2) is 0 Å². The largest absolute Gasteiger partial charge is 0.480 e. The van der Waals surface area contributed by atoms with Gasteiger partial charge in [0.25, 0.3) is 0 Å². The maximum Gasteiger partial charge on any atom is 0.408 e. The van der Waals surface area contributed by atoms with Gasteiger partial charge in [-0.05, 0) is 26.3 Å². The molecule has 104 valence electrons. The van der Waals surface area contributed by atoms with Crippen molar-refractivity contribution in [1.29, 1.82) is 0 Å². The number of hydrogen-bond donors (Lipinski definition) is 2. The first-order valence-corrected chi connectivity index (χ1v) is 5.63. The van der Waals surface area contributed by atoms with Gasteiger partial charge in [0.05, 0.1) is 6.85 Å². The molecule has 0 aliphatic carbocycles. The van der Waals surface area contributed by atoms with Crippen LogP contribution in [0.3, 0.4) is 0 Å². The van der Waals surface area contributed by atoms with Crippen LogP contribution in [0.4, 0.5) is 4.79 Å². The predicted molar refractivity (Wildman–Crippen MR) is 70.9 cm³/mol. The minimum absolute atomic E-state index is 0.190. The van der Waals surface area contributed by atoms with Crippen molar-refractivity contribution in [2.24, 2.45) is 0 Å². The number of carboxylic acid groups (broad SMARTS) is 1. The van der Waals surface area contributed by atoms with Crippen LogP contribution in [-0.2, 0) is 16.0 Å². The third-order valence-electron chi connectivity index (χ3n) is 1.95. The molecule has 5 nitrogen and oxygen atoms in total. The van der Waals surface area contributed by atoms with Gasteiger partial charge in [-0.2, -0.15) is 0 Å². The number of ether oxygens (including phenoxy) is 1. The molecule has 0 unspecified atom stereocenters. The Hall–Kier alpha value is -2.04. The SMILES string of the molecule is [2H]c1c([2H])c([2H])c(C[C@@H](NC(=O)OC(C)(C)C)C(=O)O)c([2H])c1[2H]. The molecule has 0 saturated heterocycles. The average molecular weight is 270 g/mol. The molecule has 0 heterocycles. The molecular weight excluding hydrogens is 246 g/mol. The molecule has 0 bridgehead atoms. The molecule has 1 rings (SSSR count). The zero-order valence-electron chi connectivity index (χ0n) is 16.0. The monoisotopic (exact) mass is 270 g/mol. The summed E-state index contributed by atoms with van der Waals surface area (Å²) in [5, 5.41) is 11.4. The molecule has 0 spiro atoms. The number of carbonyl (C=O) groups is 2. The summed E-state index contributed by atoms with van der Waals surface area (Å²) in [7, 11) is 0. The summed E-state index contributed by atoms with van der Waals surface area (Å²) in [5.74, 6) is -1.41. The highest BCUT2D eigenvalue weighted by Gasteiger charge is 2.23. The van der Waals surface area contributed by atoms with Crippen molar-refractivity contribution >= 4 is 12.1 Å². The first kappa shape index (κ1) is 8.96. The molecule has 1 aromatic carbocycles. The van der Waals surface area contributed by atoms with Gasteiger partial charge in [-0.25, -0.2) is 9.59 Å². The molecule has 19 heavy (non-hydrogen) atoms. The van der Waals surface area contributed by atoms with Crippen LogP contribution in [-0.4, -0.2) is 28.8 Å². The maximum atomic E-state index is 11.7. The van der Waals surface area contributed by atoms with Crippen molar-refractivity contribution in [2.75, 3.05) is 0 Å². The molecule has 0 aromatic heterocycles. The van der Waals surface area contributed by atoms with Crippen molar-refractivity contribution in [2.45, 2.75) is 38.8 Å². The minimum atomic E-state index is -1.50. The van der Waals surface area contributed by atoms with Crippen molar-refractivity contribution in [1.82, 2.24) is 5.32 Å². The van der Waals surface area contributed by atoms with Gasteiger partial charge in [-0.15, -0.1) is 0 Å². The van der Waals surface area contributed by atoms with Crippen molar-refractivity contribution < 1.29 is 26.3 Å². The molecule has 1 amide bonds. The standard InChI is InChI=1S/C14H19NO4/c1-14(2,3)19-13(18)15-11(12(16)17)9-10-7-5-4-6-8-10/h4-8,11H,9H2,1-3H3,(H,15,18)(H,16,17)/t11-/m1/s1/i4D,5D,6D,7D,8D. The number of hydrogen-bond acceptors (Lipinski definition) is 3. The first-order valence-electron chi connectivity index (χ1n) is 8.13. The molecule has 1 atom stereocenters. The molecule has 0 saturated carbocycles. The van der Waals surface area contributed by atoms with Crippen LogP contribution in [0.2, 0.25) is 0 Å². The highest BCUT2D eigenvalue weighted by Crippen LogP contribution is 2.08. The fraction of sp³-hybridized carbons (Fsp3) is 0.429. The Bertz CT molecular complexity index is 643. The second-order valence-corrected chi connectivity index (χ2v) is 4.84. The van der Waals surface area contributed by atoms with Crippen molar-refractivity contribution in [3.8, 4) is 0 Å². The van der Waals surface area contributed by atoms with Gasteiger partial charge in [0.1, 0.15) is 11.6 Å². The molecule has 0 aliphatic heterocycles. The number of aliphatic carboxylic acids is 1. The number of amides is 1. The number of nitrogens with one attached hydrogen (secondary N) is 1. The molecule has 0 aliphatic rings. The maximum absolute atomic E-state index is 11.7. The quantitative estimate of drug-likeness (QED) is 0.879. The summed E-state index contributed by atoms with van der Waals surface area (Å²) in [6.45, 7) is 4.83. The van der Waals surface area contributed by atoms with Crippen LogP contribution in [0.15, 0.2) is 30.2 Å². The van der Waals surface area contributed by atoms with E-state index in [0.29, 0.717) is 0 Å². The van der Waals surface area contributed by atoms with E-state index in [1.807, 2.05) is 0 Å². The average Bonchev–Trinajstić information content (AvgIpc) is 2.44. The number of rotatable bonds is 4. The van der Waals surface area contributed by atoms with E-state index >= 15 is 0 Å². The lowest BCUT2D eigenvalue weighted by atomic mass is 10.1. The number of carboxylic acids is 1. The van der Waals surface area contributed by atoms with E-state index < -0.39 is 60.3 Å². The van der Waals surface area contributed by atoms with Gasteiger partial charge >= 0.3 is 12.1 Å². The Morgan fingerprint density at radius 2 is 1.95 bits per heavy atom. The summed E-state index contributed by atoms with van der Waals surface area (Å²) in [4.78, 5) is 23.1. The number of benzene rings is 1. The van der Waals surface area contributed by atoms with Crippen LogP contribution in [0.25, 0.3) is 0 Å². The summed E-state index contributed by atoms with van der Waals surface area (Å²) < 4.78 is 43.2. The Morgan fingerprint density at radius 3 is 2.42 bits per heavy atom. The van der Waals surface area contributed by atoms with Crippen molar-refractivity contribution in [3.63, 3.8) is 0 Å². The molecule has 0 fully saturated rings. The molecule has 5 heteroatoms. The summed E-state index contributed by atoms with van der Waals surface area (Å²) in [5.41, 5.74) is -1.02. The topological polar surface area (TPSA) is 75.6 Å². The molecule has 0 radical (unpaired) electrons. The second kappa shape index (κ2) is 6.22. The smallest absolute Gasteiger partial charge is 0.408 e. The normalized spacial score (nSPS) is 16.3. The third-order valence-corrected chi connectivity index (χ3v) is 1.95. The van der Waals surface area contributed by atoms with Gasteiger partial charge in [-0.3, -0.25) is 0 Å². The van der Waals surface area contributed by atoms with Gasteiger partial charge in [0, 0.05) is 6.42 Å². The second-order valence-electron chi connectivity index (χ2n) is 4.84. The fourth-order valence-corrected chi connectivity index (χ4v) is 1.23. The zero-order valence-corrected chi connectivity index (χ0v) is 11.0. The third kappa shape index (κ3) is 5.90. The highest BCUT2D eigenvalue weighted by molar-refractivity contribution is 5.80. The van der Waals surface area contributed by atoms with E-state index in [4.69, 9.17) is 11.6 Å². The van der Waals surface area contributed by atoms with E-state index in [1.165, 1.54) is 0 Å². The Labute approximate surface area is 119 Å². The van der Waals surface area contributed by atoms with Crippen LogP contribution in [0.1, 0.15) is 33.2 Å². The summed E-state index contributed by atoms with van der Waals surface area (Å²) in [6.07, 6.45) is -1.44. The number of alkyl carbamates (subject to hydrolysis) is 1. The number of carbonyl (C=O) groups excluding carboxylic acids is 1. The predicted octanol–water partition coefficient (Wildman–Crippen LogP) is 2.21. The lowest BCUT2D eigenvalue weighted by Crippen LogP contribution is -2.44. The van der Waals surface area contributed by atoms with Crippen molar-refractivity contribution in [3.05, 3.63) is 35.8 Å². The van der Waals surface area contributed by atoms with E-state index in [-0.39, 0.29) is 5.56 Å². The van der Waals surface area contributed by atoms with Crippen LogP contribution >= 0.6 is 0 Å². The summed E-state index contributed by atoms with van der Waals surface area (Å²) >= 11 is 0. The van der Waals surface area contributed by atoms with Crippen LogP contribution < -0.4 is 5.32 Å². The van der Waals surface area contributed by atoms with E-state index in [1.54, 1.807) is 20.8 Å². The first-order chi connectivity index (χ1) is 10.8. The van der Waals surface area contributed by atoms with E-state index in [9.17, 15) is 14.7 Å².